The van der Waals surface area contributed by atoms with Gasteiger partial charge in [0.25, 0.3) is 0 Å². The van der Waals surface area contributed by atoms with Gasteiger partial charge in [0.1, 0.15) is 0 Å². The van der Waals surface area contributed by atoms with E-state index in [1.165, 1.54) is 4.90 Å². The highest BCUT2D eigenvalue weighted by atomic mass is 32.2. The van der Waals surface area contributed by atoms with Gasteiger partial charge in [-0.1, -0.05) is 25.1 Å². The molecule has 3 nitrogen and oxygen atoms in total. The van der Waals surface area contributed by atoms with Crippen molar-refractivity contribution in [3.05, 3.63) is 30.3 Å². The second-order valence-corrected chi connectivity index (χ2v) is 4.88. The maximum atomic E-state index is 5.69. The first-order valence-electron chi connectivity index (χ1n) is 6.04. The van der Waals surface area contributed by atoms with Crippen LogP contribution in [0, 0.1) is 0 Å². The van der Waals surface area contributed by atoms with Crippen molar-refractivity contribution in [3.63, 3.8) is 0 Å². The predicted octanol–water partition coefficient (Wildman–Crippen LogP) is 2.48. The Morgan fingerprint density at radius 2 is 2.12 bits per heavy atom. The van der Waals surface area contributed by atoms with Crippen LogP contribution in [0.3, 0.4) is 0 Å². The quantitative estimate of drug-likeness (QED) is 0.339. The summed E-state index contributed by atoms with van der Waals surface area (Å²) in [5, 5.41) is 3.12. The molecule has 0 aliphatic rings. The third kappa shape index (κ3) is 6.89. The van der Waals surface area contributed by atoms with Crippen molar-refractivity contribution in [2.24, 2.45) is 10.7 Å². The SMILES string of the molecule is CCCN=C(N)NCCCSc1ccccc1. The standard InChI is InChI=1S/C13H21N3S/c1-2-9-15-13(14)16-10-6-11-17-12-7-4-3-5-8-12/h3-5,7-8H,2,6,9-11H2,1H3,(H3,14,15,16). The molecule has 1 aromatic carbocycles. The zero-order chi connectivity index (χ0) is 12.3. The van der Waals surface area contributed by atoms with E-state index in [0.29, 0.717) is 5.96 Å². The highest BCUT2D eigenvalue weighted by Gasteiger charge is 1.93. The minimum absolute atomic E-state index is 0.566. The van der Waals surface area contributed by atoms with Crippen LogP contribution in [-0.2, 0) is 0 Å². The third-order valence-electron chi connectivity index (χ3n) is 2.14. The van der Waals surface area contributed by atoms with Gasteiger partial charge in [0, 0.05) is 18.0 Å². The number of nitrogens with two attached hydrogens (primary N) is 1. The molecule has 17 heavy (non-hydrogen) atoms. The highest BCUT2D eigenvalue weighted by molar-refractivity contribution is 7.99. The van der Waals surface area contributed by atoms with Gasteiger partial charge in [-0.15, -0.1) is 11.8 Å². The van der Waals surface area contributed by atoms with Crippen LogP contribution in [0.5, 0.6) is 0 Å². The molecule has 0 unspecified atom stereocenters. The van der Waals surface area contributed by atoms with Gasteiger partial charge in [-0.25, -0.2) is 0 Å². The van der Waals surface area contributed by atoms with Crippen LogP contribution in [-0.4, -0.2) is 24.8 Å². The summed E-state index contributed by atoms with van der Waals surface area (Å²) in [5.41, 5.74) is 5.69. The number of rotatable bonds is 7. The number of benzene rings is 1. The number of nitrogens with one attached hydrogen (secondary N) is 1. The van der Waals surface area contributed by atoms with Gasteiger partial charge in [-0.05, 0) is 30.7 Å². The Morgan fingerprint density at radius 1 is 1.35 bits per heavy atom. The van der Waals surface area contributed by atoms with E-state index in [1.807, 2.05) is 17.8 Å². The Hall–Kier alpha value is -1.16. The first-order chi connectivity index (χ1) is 8.33. The molecule has 94 valence electrons. The molecule has 0 saturated carbocycles. The van der Waals surface area contributed by atoms with Crippen LogP contribution in [0.25, 0.3) is 0 Å². The summed E-state index contributed by atoms with van der Waals surface area (Å²) < 4.78 is 0. The predicted molar refractivity (Wildman–Crippen MR) is 76.6 cm³/mol. The monoisotopic (exact) mass is 251 g/mol. The molecular weight excluding hydrogens is 230 g/mol. The summed E-state index contributed by atoms with van der Waals surface area (Å²) in [7, 11) is 0. The zero-order valence-corrected chi connectivity index (χ0v) is 11.2. The maximum Gasteiger partial charge on any atom is 0.188 e. The molecule has 0 spiro atoms. The van der Waals surface area contributed by atoms with Crippen molar-refractivity contribution in [2.45, 2.75) is 24.7 Å². The molecule has 0 radical (unpaired) electrons. The Kier molecular flexibility index (Phi) is 7.30. The summed E-state index contributed by atoms with van der Waals surface area (Å²) in [6.45, 7) is 3.78. The van der Waals surface area contributed by atoms with E-state index in [0.717, 1.165) is 31.7 Å². The smallest absolute Gasteiger partial charge is 0.188 e. The highest BCUT2D eigenvalue weighted by Crippen LogP contribution is 2.17. The molecule has 0 aromatic heterocycles. The fraction of sp³-hybridized carbons (Fsp3) is 0.462. The van der Waals surface area contributed by atoms with E-state index in [9.17, 15) is 0 Å². The van der Waals surface area contributed by atoms with Crippen molar-refractivity contribution < 1.29 is 0 Å². The van der Waals surface area contributed by atoms with Gasteiger partial charge in [0.15, 0.2) is 5.96 Å². The van der Waals surface area contributed by atoms with Crippen LogP contribution in [0.15, 0.2) is 40.2 Å². The van der Waals surface area contributed by atoms with Gasteiger partial charge in [-0.2, -0.15) is 0 Å². The molecule has 4 heteroatoms. The minimum Gasteiger partial charge on any atom is -0.370 e. The summed E-state index contributed by atoms with van der Waals surface area (Å²) in [6.07, 6.45) is 2.12. The largest absolute Gasteiger partial charge is 0.370 e. The van der Waals surface area contributed by atoms with Gasteiger partial charge >= 0.3 is 0 Å². The zero-order valence-electron chi connectivity index (χ0n) is 10.4. The lowest BCUT2D eigenvalue weighted by atomic mass is 10.4. The van der Waals surface area contributed by atoms with Crippen LogP contribution < -0.4 is 11.1 Å². The van der Waals surface area contributed by atoms with E-state index >= 15 is 0 Å². The molecule has 1 rings (SSSR count). The topological polar surface area (TPSA) is 50.4 Å². The first-order valence-corrected chi connectivity index (χ1v) is 7.03. The molecule has 0 aliphatic carbocycles. The molecule has 0 aliphatic heterocycles. The van der Waals surface area contributed by atoms with E-state index in [1.54, 1.807) is 0 Å². The number of hydrogen-bond donors (Lipinski definition) is 2. The molecule has 3 N–H and O–H groups in total. The van der Waals surface area contributed by atoms with Crippen molar-refractivity contribution in [1.82, 2.24) is 5.32 Å². The van der Waals surface area contributed by atoms with Crippen molar-refractivity contribution in [2.75, 3.05) is 18.8 Å². The summed E-state index contributed by atoms with van der Waals surface area (Å²) in [5.74, 6) is 1.66. The molecule has 0 fully saturated rings. The molecule has 0 atom stereocenters. The molecular formula is C13H21N3S. The lowest BCUT2D eigenvalue weighted by Crippen LogP contribution is -2.32. The van der Waals surface area contributed by atoms with Crippen LogP contribution >= 0.6 is 11.8 Å². The molecule has 0 bridgehead atoms. The first kappa shape index (κ1) is 13.9. The Labute approximate surface area is 108 Å². The van der Waals surface area contributed by atoms with Crippen LogP contribution in [0.1, 0.15) is 19.8 Å². The Morgan fingerprint density at radius 3 is 2.82 bits per heavy atom. The number of thioether (sulfide) groups is 1. The van der Waals surface area contributed by atoms with Crippen molar-refractivity contribution in [1.29, 1.82) is 0 Å². The Bertz CT molecular complexity index is 325. The van der Waals surface area contributed by atoms with Gasteiger partial charge < -0.3 is 11.1 Å². The number of hydrogen-bond acceptors (Lipinski definition) is 2. The van der Waals surface area contributed by atoms with Gasteiger partial charge in [0.05, 0.1) is 0 Å². The van der Waals surface area contributed by atoms with Gasteiger partial charge in [0.2, 0.25) is 0 Å². The normalized spacial score (nSPS) is 11.5. The summed E-state index contributed by atoms with van der Waals surface area (Å²) in [4.78, 5) is 5.49. The lowest BCUT2D eigenvalue weighted by Gasteiger charge is -2.05. The second-order valence-electron chi connectivity index (χ2n) is 3.71. The minimum atomic E-state index is 0.566. The summed E-state index contributed by atoms with van der Waals surface area (Å²) in [6, 6.07) is 10.4. The lowest BCUT2D eigenvalue weighted by molar-refractivity contribution is 0.826. The van der Waals surface area contributed by atoms with Crippen molar-refractivity contribution in [3.8, 4) is 0 Å². The van der Waals surface area contributed by atoms with Crippen LogP contribution in [0.4, 0.5) is 0 Å². The fourth-order valence-electron chi connectivity index (χ4n) is 1.28. The average molecular weight is 251 g/mol. The Balaban J connectivity index is 2.05. The van der Waals surface area contributed by atoms with Crippen molar-refractivity contribution >= 4 is 17.7 Å². The number of aliphatic imine (C=N–C) groups is 1. The maximum absolute atomic E-state index is 5.69. The summed E-state index contributed by atoms with van der Waals surface area (Å²) >= 11 is 1.87. The number of guanidine groups is 1. The molecule has 0 heterocycles. The fourth-order valence-corrected chi connectivity index (χ4v) is 2.16. The van der Waals surface area contributed by atoms with E-state index in [4.69, 9.17) is 5.73 Å². The molecule has 0 amide bonds. The van der Waals surface area contributed by atoms with E-state index < -0.39 is 0 Å². The van der Waals surface area contributed by atoms with E-state index in [2.05, 4.69) is 41.5 Å². The third-order valence-corrected chi connectivity index (χ3v) is 3.24. The molecule has 0 saturated heterocycles. The van der Waals surface area contributed by atoms with Gasteiger partial charge in [-0.3, -0.25) is 4.99 Å². The number of nitrogens with zero attached hydrogens (tertiary/aromatic N) is 1. The van der Waals surface area contributed by atoms with E-state index in [-0.39, 0.29) is 0 Å². The average Bonchev–Trinajstić information content (AvgIpc) is 2.37. The second kappa shape index (κ2) is 8.93. The molecule has 1 aromatic rings. The van der Waals surface area contributed by atoms with Crippen LogP contribution in [0.2, 0.25) is 0 Å².